The van der Waals surface area contributed by atoms with E-state index < -0.39 is 0 Å². The molecule has 0 aliphatic carbocycles. The molecule has 2 aromatic heterocycles. The molecule has 0 amide bonds. The predicted molar refractivity (Wildman–Crippen MR) is 130 cm³/mol. The summed E-state index contributed by atoms with van der Waals surface area (Å²) in [7, 11) is 0. The Labute approximate surface area is 192 Å². The summed E-state index contributed by atoms with van der Waals surface area (Å²) in [5, 5.41) is 0.772. The van der Waals surface area contributed by atoms with Crippen LogP contribution in [0.5, 0.6) is 0 Å². The minimum atomic E-state index is 0.0701. The predicted octanol–water partition coefficient (Wildman–Crippen LogP) is 5.99. The van der Waals surface area contributed by atoms with Gasteiger partial charge in [-0.15, -0.1) is 0 Å². The molecule has 0 saturated carbocycles. The van der Waals surface area contributed by atoms with Crippen molar-refractivity contribution in [2.24, 2.45) is 0 Å². The van der Waals surface area contributed by atoms with Gasteiger partial charge in [-0.05, 0) is 37.1 Å². The zero-order valence-electron chi connectivity index (χ0n) is 18.6. The van der Waals surface area contributed by atoms with Crippen LogP contribution in [0.2, 0.25) is 0 Å². The summed E-state index contributed by atoms with van der Waals surface area (Å²) in [5.74, 6) is 1.90. The summed E-state index contributed by atoms with van der Waals surface area (Å²) in [5.41, 5.74) is 3.50. The lowest BCUT2D eigenvalue weighted by Gasteiger charge is -2.07. The molecule has 0 radical (unpaired) electrons. The van der Waals surface area contributed by atoms with Crippen molar-refractivity contribution in [3.05, 3.63) is 54.4 Å². The number of aryl methyl sites for hydroxylation is 1. The van der Waals surface area contributed by atoms with Crippen LogP contribution in [0.4, 0.5) is 0 Å². The minimum Gasteiger partial charge on any atom is -0.274 e. The normalized spacial score (nSPS) is 11.4. The van der Waals surface area contributed by atoms with Gasteiger partial charge < -0.3 is 0 Å². The summed E-state index contributed by atoms with van der Waals surface area (Å²) < 4.78 is 3.53. The van der Waals surface area contributed by atoms with Gasteiger partial charge in [-0.25, -0.2) is 9.97 Å². The van der Waals surface area contributed by atoms with Crippen molar-refractivity contribution in [1.29, 1.82) is 0 Å². The number of para-hydroxylation sites is 4. The molecule has 166 valence electrons. The fourth-order valence-corrected chi connectivity index (χ4v) is 4.93. The zero-order chi connectivity index (χ0) is 22.5. The van der Waals surface area contributed by atoms with Crippen LogP contribution in [-0.4, -0.2) is 36.7 Å². The van der Waals surface area contributed by atoms with Gasteiger partial charge in [-0.2, -0.15) is 0 Å². The largest absolute Gasteiger partial charge is 0.274 e. The van der Waals surface area contributed by atoms with Crippen molar-refractivity contribution in [1.82, 2.24) is 19.1 Å². The minimum absolute atomic E-state index is 0.0701. The van der Waals surface area contributed by atoms with Crippen LogP contribution in [0.1, 0.15) is 61.4 Å². The first-order valence-electron chi connectivity index (χ1n) is 11.3. The summed E-state index contributed by atoms with van der Waals surface area (Å²) in [4.78, 5) is 34.3. The van der Waals surface area contributed by atoms with Gasteiger partial charge >= 0.3 is 0 Å². The number of unbranched alkanes of at least 4 members (excludes halogenated alkanes) is 2. The first kappa shape index (κ1) is 22.3. The molecule has 4 aromatic rings. The van der Waals surface area contributed by atoms with Gasteiger partial charge in [0.1, 0.15) is 5.82 Å². The lowest BCUT2D eigenvalue weighted by atomic mass is 10.2. The Morgan fingerprint density at radius 2 is 1.38 bits per heavy atom. The van der Waals surface area contributed by atoms with E-state index in [0.717, 1.165) is 64.5 Å². The van der Waals surface area contributed by atoms with E-state index in [4.69, 9.17) is 4.98 Å². The highest BCUT2D eigenvalue weighted by atomic mass is 32.2. The van der Waals surface area contributed by atoms with Crippen molar-refractivity contribution in [2.75, 3.05) is 5.75 Å². The third-order valence-electron chi connectivity index (χ3n) is 5.54. The van der Waals surface area contributed by atoms with Gasteiger partial charge in [-0.1, -0.05) is 56.3 Å². The molecule has 0 aliphatic rings. The number of carbonyl (C=O) groups is 2. The van der Waals surface area contributed by atoms with E-state index in [1.807, 2.05) is 62.4 Å². The number of hydrogen-bond acceptors (Lipinski definition) is 5. The Hall–Kier alpha value is -2.93. The maximum absolute atomic E-state index is 12.5. The number of hydrogen-bond donors (Lipinski definition) is 0. The molecule has 0 N–H and O–H groups in total. The fourth-order valence-electron chi connectivity index (χ4n) is 3.91. The van der Waals surface area contributed by atoms with E-state index in [1.54, 1.807) is 20.9 Å². The lowest BCUT2D eigenvalue weighted by molar-refractivity contribution is 0.0898. The quantitative estimate of drug-likeness (QED) is 0.232. The van der Waals surface area contributed by atoms with Crippen LogP contribution < -0.4 is 0 Å². The number of nitrogens with zero attached hydrogens (tertiary/aromatic N) is 4. The second kappa shape index (κ2) is 10.1. The molecule has 0 bridgehead atoms. The van der Waals surface area contributed by atoms with Crippen LogP contribution in [0.25, 0.3) is 22.1 Å². The first-order chi connectivity index (χ1) is 15.6. The Morgan fingerprint density at radius 1 is 0.781 bits per heavy atom. The second-order valence-corrected chi connectivity index (χ2v) is 8.79. The Morgan fingerprint density at radius 3 is 2.06 bits per heavy atom. The number of rotatable bonds is 9. The number of carbonyl (C=O) groups excluding carboxylic acids is 2. The number of aromatic nitrogens is 4. The summed E-state index contributed by atoms with van der Waals surface area (Å²) >= 11 is 1.63. The van der Waals surface area contributed by atoms with E-state index in [1.165, 1.54) is 0 Å². The highest BCUT2D eigenvalue weighted by Crippen LogP contribution is 2.26. The second-order valence-electron chi connectivity index (χ2n) is 7.72. The van der Waals surface area contributed by atoms with Gasteiger partial charge in [-0.3, -0.25) is 18.7 Å². The molecule has 6 nitrogen and oxygen atoms in total. The number of benzene rings is 2. The standard InChI is InChI=1S/C25H28N4O2S/c1-3-23(30)28-20-14-9-7-12-18(20)26-22(28)16-6-5-11-17-32-25-27-19-13-8-10-15-21(19)29(25)24(31)4-2/h7-10,12-15H,3-6,11,16-17H2,1-2H3. The van der Waals surface area contributed by atoms with Gasteiger partial charge in [0.15, 0.2) is 5.16 Å². The van der Waals surface area contributed by atoms with Crippen molar-refractivity contribution in [2.45, 2.75) is 57.5 Å². The maximum Gasteiger partial charge on any atom is 0.232 e. The fraction of sp³-hybridized carbons (Fsp3) is 0.360. The van der Waals surface area contributed by atoms with E-state index in [-0.39, 0.29) is 11.8 Å². The molecule has 2 heterocycles. The molecular formula is C25H28N4O2S. The number of imidazole rings is 2. The number of fused-ring (bicyclic) bond motifs is 2. The number of thioether (sulfide) groups is 1. The van der Waals surface area contributed by atoms with E-state index in [0.29, 0.717) is 12.8 Å². The molecule has 2 aromatic carbocycles. The van der Waals surface area contributed by atoms with Gasteiger partial charge in [0.2, 0.25) is 11.8 Å². The molecular weight excluding hydrogens is 420 g/mol. The molecule has 7 heteroatoms. The van der Waals surface area contributed by atoms with Gasteiger partial charge in [0.05, 0.1) is 22.1 Å². The maximum atomic E-state index is 12.5. The Balaban J connectivity index is 1.35. The van der Waals surface area contributed by atoms with Gasteiger partial charge in [0, 0.05) is 25.0 Å². The molecule has 0 saturated heterocycles. The van der Waals surface area contributed by atoms with Crippen LogP contribution in [0.3, 0.4) is 0 Å². The van der Waals surface area contributed by atoms with Crippen molar-refractivity contribution in [3.63, 3.8) is 0 Å². The SMILES string of the molecule is CCC(=O)n1c(CCCCCSc2nc3ccccc3n2C(=O)CC)nc2ccccc21. The summed E-state index contributed by atoms with van der Waals surface area (Å²) in [6.45, 7) is 3.76. The molecule has 0 unspecified atom stereocenters. The summed E-state index contributed by atoms with van der Waals surface area (Å²) in [6.07, 6.45) is 4.69. The van der Waals surface area contributed by atoms with Gasteiger partial charge in [0.25, 0.3) is 0 Å². The van der Waals surface area contributed by atoms with Crippen LogP contribution in [0.15, 0.2) is 53.7 Å². The smallest absolute Gasteiger partial charge is 0.232 e. The molecule has 0 fully saturated rings. The van der Waals surface area contributed by atoms with Crippen LogP contribution >= 0.6 is 11.8 Å². The van der Waals surface area contributed by atoms with E-state index in [2.05, 4.69) is 4.98 Å². The topological polar surface area (TPSA) is 69.8 Å². The Bertz CT molecular complexity index is 1160. The van der Waals surface area contributed by atoms with Crippen LogP contribution in [0, 0.1) is 0 Å². The van der Waals surface area contributed by atoms with Crippen molar-refractivity contribution >= 4 is 45.6 Å². The molecule has 0 spiro atoms. The monoisotopic (exact) mass is 448 g/mol. The molecule has 0 aliphatic heterocycles. The highest BCUT2D eigenvalue weighted by molar-refractivity contribution is 7.99. The average Bonchev–Trinajstić information content (AvgIpc) is 3.38. The molecule has 0 atom stereocenters. The Kier molecular flexibility index (Phi) is 7.05. The van der Waals surface area contributed by atoms with E-state index >= 15 is 0 Å². The van der Waals surface area contributed by atoms with Crippen molar-refractivity contribution < 1.29 is 9.59 Å². The zero-order valence-corrected chi connectivity index (χ0v) is 19.4. The van der Waals surface area contributed by atoms with Crippen LogP contribution in [-0.2, 0) is 6.42 Å². The van der Waals surface area contributed by atoms with E-state index in [9.17, 15) is 9.59 Å². The lowest BCUT2D eigenvalue weighted by Crippen LogP contribution is -2.13. The molecule has 4 rings (SSSR count). The average molecular weight is 449 g/mol. The third kappa shape index (κ3) is 4.48. The third-order valence-corrected chi connectivity index (χ3v) is 6.56. The summed E-state index contributed by atoms with van der Waals surface area (Å²) in [6, 6.07) is 15.6. The van der Waals surface area contributed by atoms with Crippen molar-refractivity contribution in [3.8, 4) is 0 Å². The molecule has 32 heavy (non-hydrogen) atoms. The first-order valence-corrected chi connectivity index (χ1v) is 12.3. The highest BCUT2D eigenvalue weighted by Gasteiger charge is 2.16.